The van der Waals surface area contributed by atoms with Crippen LogP contribution in [0, 0.1) is 6.92 Å². The van der Waals surface area contributed by atoms with Crippen molar-refractivity contribution in [2.24, 2.45) is 0 Å². The molecule has 0 aromatic heterocycles. The highest BCUT2D eigenvalue weighted by Crippen LogP contribution is 2.25. The second-order valence-corrected chi connectivity index (χ2v) is 6.41. The van der Waals surface area contributed by atoms with Crippen LogP contribution < -0.4 is 4.74 Å². The number of carbonyl (C=O) groups excluding carboxylic acids is 3. The van der Waals surface area contributed by atoms with Crippen molar-refractivity contribution in [3.05, 3.63) is 64.2 Å². The number of nitrogens with zero attached hydrogens (tertiary/aromatic N) is 2. The lowest BCUT2D eigenvalue weighted by Gasteiger charge is -2.19. The zero-order valence-electron chi connectivity index (χ0n) is 15.2. The molecule has 0 radical (unpaired) electrons. The fourth-order valence-electron chi connectivity index (χ4n) is 3.07. The fourth-order valence-corrected chi connectivity index (χ4v) is 3.07. The minimum absolute atomic E-state index is 0.230. The first kappa shape index (κ1) is 17.7. The normalized spacial score (nSPS) is 13.0. The number of rotatable bonds is 4. The number of methoxy groups -OCH3 is 1. The second kappa shape index (κ2) is 6.63. The van der Waals surface area contributed by atoms with Crippen LogP contribution in [0.5, 0.6) is 5.75 Å². The molecule has 0 N–H and O–H groups in total. The third kappa shape index (κ3) is 2.94. The molecule has 2 aromatic rings. The molecule has 0 saturated carbocycles. The van der Waals surface area contributed by atoms with Crippen molar-refractivity contribution in [2.45, 2.75) is 13.5 Å². The van der Waals surface area contributed by atoms with E-state index in [0.29, 0.717) is 23.4 Å². The second-order valence-electron chi connectivity index (χ2n) is 6.41. The molecule has 3 rings (SSSR count). The number of fused-ring (bicyclic) bond motifs is 1. The topological polar surface area (TPSA) is 66.9 Å². The largest absolute Gasteiger partial charge is 0.496 e. The highest BCUT2D eigenvalue weighted by atomic mass is 16.5. The minimum atomic E-state index is -0.386. The number of imide groups is 1. The zero-order chi connectivity index (χ0) is 19.0. The van der Waals surface area contributed by atoms with E-state index in [2.05, 4.69) is 0 Å². The Balaban J connectivity index is 1.86. The predicted molar refractivity (Wildman–Crippen MR) is 96.4 cm³/mol. The van der Waals surface area contributed by atoms with E-state index in [1.807, 2.05) is 25.1 Å². The third-order valence-corrected chi connectivity index (χ3v) is 4.53. The summed E-state index contributed by atoms with van der Waals surface area (Å²) in [5.41, 5.74) is 2.94. The lowest BCUT2D eigenvalue weighted by atomic mass is 10.0. The molecule has 0 atom stereocenters. The van der Waals surface area contributed by atoms with Crippen LogP contribution in [0.4, 0.5) is 0 Å². The zero-order valence-corrected chi connectivity index (χ0v) is 15.2. The Morgan fingerprint density at radius 3 is 2.46 bits per heavy atom. The fraction of sp³-hybridized carbons (Fsp3) is 0.250. The van der Waals surface area contributed by atoms with Crippen molar-refractivity contribution < 1.29 is 19.1 Å². The van der Waals surface area contributed by atoms with Crippen molar-refractivity contribution in [2.75, 3.05) is 21.2 Å². The maximum atomic E-state index is 12.8. The minimum Gasteiger partial charge on any atom is -0.496 e. The molecule has 26 heavy (non-hydrogen) atoms. The Labute approximate surface area is 152 Å². The number of carbonyl (C=O) groups is 3. The smallest absolute Gasteiger partial charge is 0.261 e. The van der Waals surface area contributed by atoms with Crippen LogP contribution in [0.3, 0.4) is 0 Å². The lowest BCUT2D eigenvalue weighted by molar-refractivity contribution is 0.0692. The first-order valence-electron chi connectivity index (χ1n) is 8.19. The van der Waals surface area contributed by atoms with Crippen molar-refractivity contribution in [3.63, 3.8) is 0 Å². The van der Waals surface area contributed by atoms with Gasteiger partial charge in [0.15, 0.2) is 0 Å². The molecule has 0 spiro atoms. The van der Waals surface area contributed by atoms with Gasteiger partial charge in [-0.2, -0.15) is 0 Å². The first-order valence-corrected chi connectivity index (χ1v) is 8.19. The Kier molecular flexibility index (Phi) is 4.50. The first-order chi connectivity index (χ1) is 12.3. The van der Waals surface area contributed by atoms with Crippen LogP contribution in [-0.2, 0) is 6.54 Å². The van der Waals surface area contributed by atoms with E-state index < -0.39 is 0 Å². The number of aryl methyl sites for hydroxylation is 1. The maximum absolute atomic E-state index is 12.8. The third-order valence-electron chi connectivity index (χ3n) is 4.53. The van der Waals surface area contributed by atoms with Gasteiger partial charge < -0.3 is 9.64 Å². The average Bonchev–Trinajstić information content (AvgIpc) is 2.85. The molecule has 0 aliphatic carbocycles. The molecule has 3 amide bonds. The molecule has 134 valence electrons. The molecule has 0 saturated heterocycles. The average molecular weight is 352 g/mol. The van der Waals surface area contributed by atoms with Gasteiger partial charge in [-0.25, -0.2) is 0 Å². The SMILES string of the molecule is COc1ccc(C)cc1CN(C)C(=O)c1ccc2c(c1)C(=O)N(C)C2=O. The number of hydrogen-bond acceptors (Lipinski definition) is 4. The van der Waals surface area contributed by atoms with Crippen molar-refractivity contribution in [1.82, 2.24) is 9.80 Å². The van der Waals surface area contributed by atoms with E-state index in [0.717, 1.165) is 16.0 Å². The summed E-state index contributed by atoms with van der Waals surface area (Å²) in [6, 6.07) is 10.4. The van der Waals surface area contributed by atoms with Gasteiger partial charge >= 0.3 is 0 Å². The van der Waals surface area contributed by atoms with E-state index in [-0.39, 0.29) is 23.3 Å². The van der Waals surface area contributed by atoms with Crippen LogP contribution in [0.15, 0.2) is 36.4 Å². The number of ether oxygens (including phenoxy) is 1. The van der Waals surface area contributed by atoms with Gasteiger partial charge in [-0.1, -0.05) is 17.7 Å². The molecule has 1 aliphatic heterocycles. The van der Waals surface area contributed by atoms with Gasteiger partial charge in [0, 0.05) is 31.8 Å². The Morgan fingerprint density at radius 1 is 1.08 bits per heavy atom. The van der Waals surface area contributed by atoms with Gasteiger partial charge in [-0.05, 0) is 31.2 Å². The number of hydrogen-bond donors (Lipinski definition) is 0. The summed E-state index contributed by atoms with van der Waals surface area (Å²) in [7, 11) is 4.72. The lowest BCUT2D eigenvalue weighted by Crippen LogP contribution is -2.26. The summed E-state index contributed by atoms with van der Waals surface area (Å²) in [6.45, 7) is 2.35. The summed E-state index contributed by atoms with van der Waals surface area (Å²) in [5.74, 6) is -0.248. The standard InChI is InChI=1S/C20H20N2O4/c1-12-5-8-17(26-4)14(9-12)11-21(2)18(23)13-6-7-15-16(10-13)20(25)22(3)19(15)24/h5-10H,11H2,1-4H3. The molecule has 6 heteroatoms. The van der Waals surface area contributed by atoms with E-state index >= 15 is 0 Å². The predicted octanol–water partition coefficient (Wildman–Crippen LogP) is 2.50. The molecular weight excluding hydrogens is 332 g/mol. The van der Waals surface area contributed by atoms with Gasteiger partial charge in [0.05, 0.1) is 18.2 Å². The molecule has 0 bridgehead atoms. The summed E-state index contributed by atoms with van der Waals surface area (Å²) in [5, 5.41) is 0. The summed E-state index contributed by atoms with van der Waals surface area (Å²) in [4.78, 5) is 39.5. The van der Waals surface area contributed by atoms with E-state index in [4.69, 9.17) is 4.74 Å². The van der Waals surface area contributed by atoms with Gasteiger partial charge in [-0.3, -0.25) is 19.3 Å². The van der Waals surface area contributed by atoms with Crippen LogP contribution >= 0.6 is 0 Å². The van der Waals surface area contributed by atoms with E-state index in [1.54, 1.807) is 25.1 Å². The highest BCUT2D eigenvalue weighted by Gasteiger charge is 2.33. The molecular formula is C20H20N2O4. The summed E-state index contributed by atoms with van der Waals surface area (Å²) < 4.78 is 5.36. The van der Waals surface area contributed by atoms with Crippen molar-refractivity contribution >= 4 is 17.7 Å². The Bertz CT molecular complexity index is 920. The van der Waals surface area contributed by atoms with E-state index in [9.17, 15) is 14.4 Å². The van der Waals surface area contributed by atoms with Gasteiger partial charge in [0.2, 0.25) is 0 Å². The molecule has 0 unspecified atom stereocenters. The summed E-state index contributed by atoms with van der Waals surface area (Å²) in [6.07, 6.45) is 0. The van der Waals surface area contributed by atoms with E-state index in [1.165, 1.54) is 19.2 Å². The van der Waals surface area contributed by atoms with Gasteiger partial charge in [-0.15, -0.1) is 0 Å². The molecule has 2 aromatic carbocycles. The van der Waals surface area contributed by atoms with Crippen molar-refractivity contribution in [3.8, 4) is 5.75 Å². The molecule has 6 nitrogen and oxygen atoms in total. The van der Waals surface area contributed by atoms with Crippen molar-refractivity contribution in [1.29, 1.82) is 0 Å². The van der Waals surface area contributed by atoms with Gasteiger partial charge in [0.1, 0.15) is 5.75 Å². The van der Waals surface area contributed by atoms with Crippen LogP contribution in [0.2, 0.25) is 0 Å². The van der Waals surface area contributed by atoms with Crippen LogP contribution in [0.25, 0.3) is 0 Å². The number of benzene rings is 2. The summed E-state index contributed by atoms with van der Waals surface area (Å²) >= 11 is 0. The Morgan fingerprint density at radius 2 is 1.77 bits per heavy atom. The van der Waals surface area contributed by atoms with Crippen LogP contribution in [0.1, 0.15) is 42.2 Å². The van der Waals surface area contributed by atoms with Gasteiger partial charge in [0.25, 0.3) is 17.7 Å². The highest BCUT2D eigenvalue weighted by molar-refractivity contribution is 6.21. The monoisotopic (exact) mass is 352 g/mol. The molecule has 1 aliphatic rings. The quantitative estimate of drug-likeness (QED) is 0.793. The Hall–Kier alpha value is -3.15. The molecule has 0 fully saturated rings. The van der Waals surface area contributed by atoms with Crippen LogP contribution in [-0.4, -0.2) is 48.7 Å². The number of amides is 3. The molecule has 1 heterocycles. The maximum Gasteiger partial charge on any atom is 0.261 e.